The molecule has 0 atom stereocenters. The summed E-state index contributed by atoms with van der Waals surface area (Å²) in [6, 6.07) is 26.5. The number of likely N-dealkylation sites (N-methyl/N-ethyl adjacent to an activating group) is 1. The number of fused-ring (bicyclic) bond motifs is 1. The summed E-state index contributed by atoms with van der Waals surface area (Å²) in [4.78, 5) is 17.6. The van der Waals surface area contributed by atoms with Crippen LogP contribution in [0.3, 0.4) is 0 Å². The first-order valence-electron chi connectivity index (χ1n) is 11.9. The standard InChI is InChI=1S/C29H29N5O/c1-2-32(20-23-10-12-24(22-35)13-11-23)14-15-33-16-17-34(29(33)27(18-30)19-31)21-26-8-5-7-25-6-3-4-9-28(25)26/h3-13,22H,2,14-17,20-21H2,1H3. The smallest absolute Gasteiger partial charge is 0.169 e. The summed E-state index contributed by atoms with van der Waals surface area (Å²) in [7, 11) is 0. The zero-order valence-electron chi connectivity index (χ0n) is 20.0. The van der Waals surface area contributed by atoms with Crippen LogP contribution in [0.4, 0.5) is 0 Å². The van der Waals surface area contributed by atoms with Crippen molar-refractivity contribution in [2.45, 2.75) is 20.0 Å². The van der Waals surface area contributed by atoms with Gasteiger partial charge in [-0.3, -0.25) is 9.69 Å². The highest BCUT2D eigenvalue weighted by molar-refractivity contribution is 5.85. The molecular formula is C29H29N5O. The second-order valence-electron chi connectivity index (χ2n) is 8.70. The van der Waals surface area contributed by atoms with E-state index in [9.17, 15) is 15.3 Å². The zero-order valence-corrected chi connectivity index (χ0v) is 20.0. The van der Waals surface area contributed by atoms with Gasteiger partial charge in [-0.15, -0.1) is 0 Å². The van der Waals surface area contributed by atoms with Crippen LogP contribution in [-0.4, -0.2) is 53.7 Å². The normalized spacial score (nSPS) is 13.2. The molecule has 35 heavy (non-hydrogen) atoms. The Balaban J connectivity index is 1.49. The van der Waals surface area contributed by atoms with Gasteiger partial charge in [0.1, 0.15) is 24.2 Å². The van der Waals surface area contributed by atoms with Crippen molar-refractivity contribution in [3.63, 3.8) is 0 Å². The van der Waals surface area contributed by atoms with Crippen molar-refractivity contribution < 1.29 is 4.79 Å². The van der Waals surface area contributed by atoms with Crippen LogP contribution in [0.2, 0.25) is 0 Å². The van der Waals surface area contributed by atoms with Crippen LogP contribution in [0.5, 0.6) is 0 Å². The topological polar surface area (TPSA) is 74.4 Å². The molecule has 0 saturated carbocycles. The molecule has 0 N–H and O–H groups in total. The summed E-state index contributed by atoms with van der Waals surface area (Å²) >= 11 is 0. The van der Waals surface area contributed by atoms with Gasteiger partial charge in [-0.2, -0.15) is 10.5 Å². The van der Waals surface area contributed by atoms with Crippen molar-refractivity contribution in [2.24, 2.45) is 0 Å². The Labute approximate surface area is 206 Å². The summed E-state index contributed by atoms with van der Waals surface area (Å²) in [6.07, 6.45) is 0.856. The SMILES string of the molecule is CCN(CCN1CCN(Cc2cccc3ccccc23)C1=C(C#N)C#N)Cc1ccc(C=O)cc1. The maximum Gasteiger partial charge on any atom is 0.169 e. The van der Waals surface area contributed by atoms with Crippen molar-refractivity contribution in [1.82, 2.24) is 14.7 Å². The lowest BCUT2D eigenvalue weighted by atomic mass is 10.0. The highest BCUT2D eigenvalue weighted by Crippen LogP contribution is 2.27. The number of benzene rings is 3. The molecule has 1 fully saturated rings. The van der Waals surface area contributed by atoms with Gasteiger partial charge >= 0.3 is 0 Å². The molecule has 1 aliphatic rings. The molecule has 176 valence electrons. The Morgan fingerprint density at radius 2 is 1.69 bits per heavy atom. The fourth-order valence-corrected chi connectivity index (χ4v) is 4.67. The van der Waals surface area contributed by atoms with Crippen molar-refractivity contribution in [3.05, 3.63) is 94.8 Å². The maximum atomic E-state index is 10.9. The molecule has 0 amide bonds. The van der Waals surface area contributed by atoms with E-state index < -0.39 is 0 Å². The number of rotatable bonds is 9. The summed E-state index contributed by atoms with van der Waals surface area (Å²) in [5.74, 6) is 0.731. The number of aldehydes is 1. The van der Waals surface area contributed by atoms with E-state index >= 15 is 0 Å². The molecule has 3 aromatic carbocycles. The first-order chi connectivity index (χ1) is 17.2. The van der Waals surface area contributed by atoms with Gasteiger partial charge in [0.25, 0.3) is 0 Å². The Bertz CT molecular complexity index is 1280. The van der Waals surface area contributed by atoms with Crippen molar-refractivity contribution in [1.29, 1.82) is 10.5 Å². The van der Waals surface area contributed by atoms with Gasteiger partial charge in [0, 0.05) is 44.8 Å². The summed E-state index contributed by atoms with van der Waals surface area (Å²) in [5, 5.41) is 21.8. The molecule has 3 aromatic rings. The summed E-state index contributed by atoms with van der Waals surface area (Å²) in [5.41, 5.74) is 3.18. The number of allylic oxidation sites excluding steroid dienone is 1. The Kier molecular flexibility index (Phi) is 7.77. The highest BCUT2D eigenvalue weighted by Gasteiger charge is 2.29. The highest BCUT2D eigenvalue weighted by atomic mass is 16.1. The van der Waals surface area contributed by atoms with E-state index in [1.165, 1.54) is 16.3 Å². The van der Waals surface area contributed by atoms with Crippen LogP contribution < -0.4 is 0 Å². The van der Waals surface area contributed by atoms with Gasteiger partial charge in [-0.05, 0) is 28.4 Å². The Hall–Kier alpha value is -4.13. The lowest BCUT2D eigenvalue weighted by molar-refractivity contribution is 0.112. The maximum absolute atomic E-state index is 10.9. The average Bonchev–Trinajstić information content (AvgIpc) is 3.30. The van der Waals surface area contributed by atoms with E-state index in [1.807, 2.05) is 36.4 Å². The number of nitriles is 2. The molecule has 0 spiro atoms. The van der Waals surface area contributed by atoms with E-state index in [1.54, 1.807) is 0 Å². The minimum atomic E-state index is 0.162. The number of nitrogens with zero attached hydrogens (tertiary/aromatic N) is 5. The fourth-order valence-electron chi connectivity index (χ4n) is 4.67. The number of carbonyl (C=O) groups is 1. The summed E-state index contributed by atoms with van der Waals surface area (Å²) < 4.78 is 0. The van der Waals surface area contributed by atoms with Crippen LogP contribution in [0.15, 0.2) is 78.1 Å². The van der Waals surface area contributed by atoms with Crippen molar-refractivity contribution >= 4 is 17.1 Å². The van der Waals surface area contributed by atoms with Crippen LogP contribution in [0.25, 0.3) is 10.8 Å². The molecule has 6 nitrogen and oxygen atoms in total. The second kappa shape index (κ2) is 11.3. The van der Waals surface area contributed by atoms with E-state index in [0.717, 1.165) is 56.9 Å². The molecule has 0 aliphatic carbocycles. The molecule has 1 aliphatic heterocycles. The first kappa shape index (κ1) is 24.0. The molecule has 1 heterocycles. The first-order valence-corrected chi connectivity index (χ1v) is 11.9. The fraction of sp³-hybridized carbons (Fsp3) is 0.276. The zero-order chi connectivity index (χ0) is 24.6. The largest absolute Gasteiger partial charge is 0.354 e. The molecule has 0 unspecified atom stereocenters. The Morgan fingerprint density at radius 3 is 2.40 bits per heavy atom. The Morgan fingerprint density at radius 1 is 0.971 bits per heavy atom. The van der Waals surface area contributed by atoms with E-state index in [4.69, 9.17) is 0 Å². The van der Waals surface area contributed by atoms with Crippen molar-refractivity contribution in [3.8, 4) is 12.1 Å². The monoisotopic (exact) mass is 463 g/mol. The average molecular weight is 464 g/mol. The van der Waals surface area contributed by atoms with E-state index in [0.29, 0.717) is 12.1 Å². The molecular weight excluding hydrogens is 434 g/mol. The molecule has 4 rings (SSSR count). The van der Waals surface area contributed by atoms with Crippen LogP contribution >= 0.6 is 0 Å². The van der Waals surface area contributed by atoms with Crippen molar-refractivity contribution in [2.75, 3.05) is 32.7 Å². The van der Waals surface area contributed by atoms with Gasteiger partial charge in [0.2, 0.25) is 0 Å². The van der Waals surface area contributed by atoms with Crippen LogP contribution in [0, 0.1) is 22.7 Å². The minimum absolute atomic E-state index is 0.162. The van der Waals surface area contributed by atoms with E-state index in [-0.39, 0.29) is 5.57 Å². The molecule has 0 bridgehead atoms. The number of hydrogen-bond acceptors (Lipinski definition) is 6. The van der Waals surface area contributed by atoms with Gasteiger partial charge in [-0.25, -0.2) is 0 Å². The van der Waals surface area contributed by atoms with E-state index in [2.05, 4.69) is 64.1 Å². The van der Waals surface area contributed by atoms with Crippen LogP contribution in [0.1, 0.15) is 28.4 Å². The second-order valence-corrected chi connectivity index (χ2v) is 8.70. The van der Waals surface area contributed by atoms with Gasteiger partial charge in [-0.1, -0.05) is 73.7 Å². The molecule has 0 aromatic heterocycles. The third-order valence-corrected chi connectivity index (χ3v) is 6.58. The number of hydrogen-bond donors (Lipinski definition) is 0. The van der Waals surface area contributed by atoms with Crippen LogP contribution in [-0.2, 0) is 13.1 Å². The quantitative estimate of drug-likeness (QED) is 0.342. The lowest BCUT2D eigenvalue weighted by Crippen LogP contribution is -2.34. The van der Waals surface area contributed by atoms with Gasteiger partial charge < -0.3 is 9.80 Å². The summed E-state index contributed by atoms with van der Waals surface area (Å²) in [6.45, 7) is 7.53. The lowest BCUT2D eigenvalue weighted by Gasteiger charge is -2.28. The minimum Gasteiger partial charge on any atom is -0.354 e. The third kappa shape index (κ3) is 5.51. The van der Waals surface area contributed by atoms with Gasteiger partial charge in [0.15, 0.2) is 5.57 Å². The predicted molar refractivity (Wildman–Crippen MR) is 137 cm³/mol. The predicted octanol–water partition coefficient (Wildman–Crippen LogP) is 4.55. The molecule has 1 saturated heterocycles. The number of carbonyl (C=O) groups excluding carboxylic acids is 1. The van der Waals surface area contributed by atoms with Gasteiger partial charge in [0.05, 0.1) is 0 Å². The third-order valence-electron chi connectivity index (χ3n) is 6.58. The molecule has 6 heteroatoms. The molecule has 0 radical (unpaired) electrons.